The van der Waals surface area contributed by atoms with Gasteiger partial charge in [-0.05, 0) is 44.1 Å². The highest BCUT2D eigenvalue weighted by atomic mass is 15.1. The lowest BCUT2D eigenvalue weighted by Crippen LogP contribution is -2.41. The number of piperidine rings is 1. The second-order valence-electron chi connectivity index (χ2n) is 6.51. The Morgan fingerprint density at radius 1 is 1.10 bits per heavy atom. The molecule has 110 valence electrons. The average Bonchev–Trinajstić information content (AvgIpc) is 2.50. The second kappa shape index (κ2) is 6.02. The van der Waals surface area contributed by atoms with Crippen molar-refractivity contribution in [3.05, 3.63) is 18.5 Å². The van der Waals surface area contributed by atoms with E-state index in [2.05, 4.69) is 28.2 Å². The van der Waals surface area contributed by atoms with Crippen molar-refractivity contribution in [2.24, 2.45) is 5.41 Å². The molecule has 1 aliphatic heterocycles. The van der Waals surface area contributed by atoms with Gasteiger partial charge in [-0.2, -0.15) is 0 Å². The predicted octanol–water partition coefficient (Wildman–Crippen LogP) is 4.06. The van der Waals surface area contributed by atoms with Crippen LogP contribution in [0.15, 0.2) is 18.5 Å². The van der Waals surface area contributed by atoms with Crippen LogP contribution in [0.1, 0.15) is 51.9 Å². The number of hydrogen-bond donors (Lipinski definition) is 1. The maximum absolute atomic E-state index is 4.38. The Morgan fingerprint density at radius 3 is 2.55 bits per heavy atom. The van der Waals surface area contributed by atoms with Gasteiger partial charge in [-0.1, -0.05) is 19.3 Å². The molecule has 2 aliphatic rings. The first kappa shape index (κ1) is 13.7. The highest BCUT2D eigenvalue weighted by Gasteiger charge is 2.35. The summed E-state index contributed by atoms with van der Waals surface area (Å²) in [5.74, 6) is 0. The smallest absolute Gasteiger partial charge is 0.0573 e. The highest BCUT2D eigenvalue weighted by molar-refractivity contribution is 5.55. The molecule has 1 saturated heterocycles. The van der Waals surface area contributed by atoms with Crippen LogP contribution in [0.4, 0.5) is 11.4 Å². The zero-order valence-corrected chi connectivity index (χ0v) is 12.7. The molecule has 1 spiro atoms. The molecule has 3 rings (SSSR count). The third kappa shape index (κ3) is 2.92. The van der Waals surface area contributed by atoms with Gasteiger partial charge in [-0.25, -0.2) is 0 Å². The molecule has 1 aliphatic carbocycles. The van der Waals surface area contributed by atoms with E-state index < -0.39 is 0 Å². The summed E-state index contributed by atoms with van der Waals surface area (Å²) >= 11 is 0. The molecular formula is C17H27N3. The Balaban J connectivity index is 1.64. The van der Waals surface area contributed by atoms with E-state index >= 15 is 0 Å². The van der Waals surface area contributed by atoms with Gasteiger partial charge in [0.25, 0.3) is 0 Å². The molecule has 2 heterocycles. The molecule has 3 heteroatoms. The maximum Gasteiger partial charge on any atom is 0.0573 e. The van der Waals surface area contributed by atoms with Gasteiger partial charge in [0, 0.05) is 19.6 Å². The minimum absolute atomic E-state index is 0.682. The maximum atomic E-state index is 4.38. The first-order valence-corrected chi connectivity index (χ1v) is 8.25. The largest absolute Gasteiger partial charge is 0.384 e. The van der Waals surface area contributed by atoms with Gasteiger partial charge in [-0.3, -0.25) is 4.98 Å². The van der Waals surface area contributed by atoms with Crippen molar-refractivity contribution in [2.75, 3.05) is 29.9 Å². The Labute approximate surface area is 122 Å². The topological polar surface area (TPSA) is 28.2 Å². The van der Waals surface area contributed by atoms with Crippen LogP contribution in [0, 0.1) is 5.41 Å². The summed E-state index contributed by atoms with van der Waals surface area (Å²) in [7, 11) is 0. The summed E-state index contributed by atoms with van der Waals surface area (Å²) in [6.07, 6.45) is 14.0. The Kier molecular flexibility index (Phi) is 4.13. The van der Waals surface area contributed by atoms with E-state index in [1.54, 1.807) is 0 Å². The third-order valence-electron chi connectivity index (χ3n) is 5.21. The lowest BCUT2D eigenvalue weighted by Gasteiger charge is -2.45. The lowest BCUT2D eigenvalue weighted by molar-refractivity contribution is 0.144. The van der Waals surface area contributed by atoms with Crippen molar-refractivity contribution in [1.29, 1.82) is 0 Å². The van der Waals surface area contributed by atoms with E-state index in [0.717, 1.165) is 12.2 Å². The van der Waals surface area contributed by atoms with Crippen molar-refractivity contribution in [1.82, 2.24) is 4.98 Å². The van der Waals surface area contributed by atoms with E-state index in [-0.39, 0.29) is 0 Å². The molecule has 0 amide bonds. The summed E-state index contributed by atoms with van der Waals surface area (Å²) in [6.45, 7) is 5.49. The van der Waals surface area contributed by atoms with Crippen LogP contribution in [-0.4, -0.2) is 24.6 Å². The highest BCUT2D eigenvalue weighted by Crippen LogP contribution is 2.45. The monoisotopic (exact) mass is 273 g/mol. The van der Waals surface area contributed by atoms with Crippen LogP contribution in [0.5, 0.6) is 0 Å². The molecule has 0 bridgehead atoms. The van der Waals surface area contributed by atoms with Gasteiger partial charge >= 0.3 is 0 Å². The number of hydrogen-bond acceptors (Lipinski definition) is 3. The molecule has 1 aromatic heterocycles. The van der Waals surface area contributed by atoms with Gasteiger partial charge < -0.3 is 10.2 Å². The predicted molar refractivity (Wildman–Crippen MR) is 85.4 cm³/mol. The summed E-state index contributed by atoms with van der Waals surface area (Å²) < 4.78 is 0. The standard InChI is InChI=1S/C17H27N3/c1-2-19-15-12-16(14-18-13-15)20-10-8-17(9-11-20)6-4-3-5-7-17/h12-14,19H,2-11H2,1H3. The zero-order valence-electron chi connectivity index (χ0n) is 12.7. The number of nitrogens with zero attached hydrogens (tertiary/aromatic N) is 2. The van der Waals surface area contributed by atoms with Gasteiger partial charge in [0.2, 0.25) is 0 Å². The quantitative estimate of drug-likeness (QED) is 0.900. The van der Waals surface area contributed by atoms with Crippen LogP contribution in [-0.2, 0) is 0 Å². The molecule has 1 saturated carbocycles. The molecule has 20 heavy (non-hydrogen) atoms. The van der Waals surface area contributed by atoms with Crippen LogP contribution in [0.3, 0.4) is 0 Å². The van der Waals surface area contributed by atoms with Crippen molar-refractivity contribution in [2.45, 2.75) is 51.9 Å². The SMILES string of the molecule is CCNc1cncc(N2CCC3(CCCCC3)CC2)c1. The Bertz CT molecular complexity index is 428. The third-order valence-corrected chi connectivity index (χ3v) is 5.21. The fraction of sp³-hybridized carbons (Fsp3) is 0.706. The van der Waals surface area contributed by atoms with E-state index in [1.165, 1.54) is 63.7 Å². The van der Waals surface area contributed by atoms with Gasteiger partial charge in [-0.15, -0.1) is 0 Å². The molecule has 0 radical (unpaired) electrons. The Hall–Kier alpha value is -1.25. The molecule has 3 nitrogen and oxygen atoms in total. The minimum Gasteiger partial charge on any atom is -0.384 e. The van der Waals surface area contributed by atoms with Gasteiger partial charge in [0.15, 0.2) is 0 Å². The molecule has 2 fully saturated rings. The van der Waals surface area contributed by atoms with Crippen LogP contribution < -0.4 is 10.2 Å². The molecule has 0 atom stereocenters. The van der Waals surface area contributed by atoms with E-state index in [4.69, 9.17) is 0 Å². The van der Waals surface area contributed by atoms with E-state index in [9.17, 15) is 0 Å². The summed E-state index contributed by atoms with van der Waals surface area (Å²) in [4.78, 5) is 6.90. The minimum atomic E-state index is 0.682. The Morgan fingerprint density at radius 2 is 1.85 bits per heavy atom. The fourth-order valence-corrected chi connectivity index (χ4v) is 3.94. The van der Waals surface area contributed by atoms with Crippen molar-refractivity contribution in [3.8, 4) is 0 Å². The number of nitrogens with one attached hydrogen (secondary N) is 1. The normalized spacial score (nSPS) is 21.9. The zero-order chi connectivity index (χ0) is 13.8. The molecule has 0 aromatic carbocycles. The molecule has 1 aromatic rings. The molecule has 0 unspecified atom stereocenters. The van der Waals surface area contributed by atoms with Crippen LogP contribution in [0.2, 0.25) is 0 Å². The summed E-state index contributed by atoms with van der Waals surface area (Å²) in [6, 6.07) is 2.25. The fourth-order valence-electron chi connectivity index (χ4n) is 3.94. The van der Waals surface area contributed by atoms with E-state index in [0.29, 0.717) is 5.41 Å². The van der Waals surface area contributed by atoms with Crippen LogP contribution >= 0.6 is 0 Å². The summed E-state index contributed by atoms with van der Waals surface area (Å²) in [5, 5.41) is 3.35. The van der Waals surface area contributed by atoms with Crippen molar-refractivity contribution < 1.29 is 0 Å². The van der Waals surface area contributed by atoms with Crippen molar-refractivity contribution >= 4 is 11.4 Å². The van der Waals surface area contributed by atoms with Crippen LogP contribution in [0.25, 0.3) is 0 Å². The second-order valence-corrected chi connectivity index (χ2v) is 6.51. The lowest BCUT2D eigenvalue weighted by atomic mass is 9.68. The van der Waals surface area contributed by atoms with Gasteiger partial charge in [0.05, 0.1) is 23.8 Å². The number of pyridine rings is 1. The molecular weight excluding hydrogens is 246 g/mol. The first-order chi connectivity index (χ1) is 9.81. The number of anilines is 2. The first-order valence-electron chi connectivity index (χ1n) is 8.25. The van der Waals surface area contributed by atoms with Gasteiger partial charge in [0.1, 0.15) is 0 Å². The average molecular weight is 273 g/mol. The number of rotatable bonds is 3. The molecule has 1 N–H and O–H groups in total. The van der Waals surface area contributed by atoms with Crippen molar-refractivity contribution in [3.63, 3.8) is 0 Å². The number of aromatic nitrogens is 1. The summed E-state index contributed by atoms with van der Waals surface area (Å²) in [5.41, 5.74) is 3.11. The van der Waals surface area contributed by atoms with E-state index in [1.807, 2.05) is 12.4 Å².